The highest BCUT2D eigenvalue weighted by molar-refractivity contribution is 5.97. The van der Waals surface area contributed by atoms with Crippen LogP contribution in [0.2, 0.25) is 0 Å². The summed E-state index contributed by atoms with van der Waals surface area (Å²) < 4.78 is 7.12. The minimum absolute atomic E-state index is 0.0294. The predicted octanol–water partition coefficient (Wildman–Crippen LogP) is 5.24. The normalized spacial score (nSPS) is 10.9. The maximum absolute atomic E-state index is 12.1. The lowest BCUT2D eigenvalue weighted by atomic mass is 9.98. The summed E-state index contributed by atoms with van der Waals surface area (Å²) in [5.41, 5.74) is 5.23. The molecule has 1 aromatic heterocycles. The van der Waals surface area contributed by atoms with Crippen LogP contribution in [0, 0.1) is 0 Å². The van der Waals surface area contributed by atoms with Crippen LogP contribution in [0.15, 0.2) is 77.6 Å². The van der Waals surface area contributed by atoms with E-state index in [4.69, 9.17) is 9.72 Å². The van der Waals surface area contributed by atoms with E-state index in [1.54, 1.807) is 24.3 Å². The van der Waals surface area contributed by atoms with E-state index in [9.17, 15) is 9.59 Å². The molecule has 0 fully saturated rings. The molecule has 0 saturated carbocycles. The van der Waals surface area contributed by atoms with Crippen molar-refractivity contribution in [1.82, 2.24) is 9.55 Å². The van der Waals surface area contributed by atoms with Crippen LogP contribution >= 0.6 is 0 Å². The van der Waals surface area contributed by atoms with Crippen LogP contribution in [0.1, 0.15) is 41.5 Å². The molecule has 0 spiro atoms. The van der Waals surface area contributed by atoms with E-state index in [1.165, 1.54) is 7.11 Å². The quantitative estimate of drug-likeness (QED) is 0.379. The minimum atomic E-state index is -0.347. The van der Waals surface area contributed by atoms with Gasteiger partial charge in [-0.2, -0.15) is 0 Å². The first-order chi connectivity index (χ1) is 15.6. The number of imidazole rings is 1. The van der Waals surface area contributed by atoms with Crippen molar-refractivity contribution in [3.05, 3.63) is 100.0 Å². The Morgan fingerprint density at radius 1 is 0.969 bits per heavy atom. The Labute approximate surface area is 187 Å². The second-order valence-corrected chi connectivity index (χ2v) is 7.79. The average Bonchev–Trinajstić information content (AvgIpc) is 3.04. The van der Waals surface area contributed by atoms with Gasteiger partial charge in [-0.3, -0.25) is 4.79 Å². The predicted molar refractivity (Wildman–Crippen MR) is 127 cm³/mol. The molecular formula is C27H26N2O3. The minimum Gasteiger partial charge on any atom is -0.465 e. The molecule has 5 nitrogen and oxygen atoms in total. The molecule has 4 rings (SSSR count). The second-order valence-electron chi connectivity index (χ2n) is 7.79. The Morgan fingerprint density at radius 3 is 2.47 bits per heavy atom. The topological polar surface area (TPSA) is 61.2 Å². The van der Waals surface area contributed by atoms with Gasteiger partial charge < -0.3 is 9.30 Å². The smallest absolute Gasteiger partial charge is 0.338 e. The summed E-state index contributed by atoms with van der Waals surface area (Å²) in [6.07, 6.45) is 3.05. The third-order valence-corrected chi connectivity index (χ3v) is 5.62. The summed E-state index contributed by atoms with van der Waals surface area (Å²) in [6.45, 7) is 2.83. The first-order valence-corrected chi connectivity index (χ1v) is 10.9. The number of aryl methyl sites for hydroxylation is 1. The maximum Gasteiger partial charge on any atom is 0.338 e. The summed E-state index contributed by atoms with van der Waals surface area (Å²) in [5.74, 6) is 0.682. The van der Waals surface area contributed by atoms with Gasteiger partial charge in [0.25, 0.3) is 0 Å². The average molecular weight is 427 g/mol. The lowest BCUT2D eigenvalue weighted by Gasteiger charge is -2.11. The maximum atomic E-state index is 12.1. The molecule has 0 aliphatic rings. The number of carbonyl (C=O) groups excluding carboxylic acids is 1. The molecule has 0 aliphatic carbocycles. The molecule has 4 aromatic rings. The number of nitrogens with zero attached hydrogens (tertiary/aromatic N) is 2. The first kappa shape index (κ1) is 21.5. The summed E-state index contributed by atoms with van der Waals surface area (Å²) in [7, 11) is 1.39. The van der Waals surface area contributed by atoms with Crippen LogP contribution in [-0.2, 0) is 17.7 Å². The Kier molecular flexibility index (Phi) is 6.45. The van der Waals surface area contributed by atoms with Gasteiger partial charge in [-0.05, 0) is 53.4 Å². The van der Waals surface area contributed by atoms with Gasteiger partial charge in [-0.25, -0.2) is 9.78 Å². The van der Waals surface area contributed by atoms with Crippen LogP contribution in [0.4, 0.5) is 0 Å². The largest absolute Gasteiger partial charge is 0.465 e. The van der Waals surface area contributed by atoms with Gasteiger partial charge in [0.05, 0.1) is 23.7 Å². The van der Waals surface area contributed by atoms with Crippen molar-refractivity contribution in [2.75, 3.05) is 7.11 Å². The summed E-state index contributed by atoms with van der Waals surface area (Å²) in [4.78, 5) is 28.7. The van der Waals surface area contributed by atoms with Crippen molar-refractivity contribution >= 4 is 17.0 Å². The van der Waals surface area contributed by atoms with Crippen LogP contribution in [0.5, 0.6) is 0 Å². The molecule has 0 N–H and O–H groups in total. The second kappa shape index (κ2) is 9.60. The molecule has 3 aromatic carbocycles. The number of fused-ring (bicyclic) bond motifs is 1. The van der Waals surface area contributed by atoms with E-state index in [2.05, 4.69) is 23.6 Å². The van der Waals surface area contributed by atoms with Crippen molar-refractivity contribution in [2.24, 2.45) is 0 Å². The summed E-state index contributed by atoms with van der Waals surface area (Å²) >= 11 is 0. The van der Waals surface area contributed by atoms with Crippen molar-refractivity contribution in [3.8, 4) is 11.1 Å². The van der Waals surface area contributed by atoms with E-state index in [-0.39, 0.29) is 11.4 Å². The van der Waals surface area contributed by atoms with Crippen molar-refractivity contribution in [2.45, 2.75) is 32.7 Å². The number of rotatable bonds is 7. The fourth-order valence-corrected chi connectivity index (χ4v) is 3.91. The molecule has 0 unspecified atom stereocenters. The van der Waals surface area contributed by atoms with Crippen LogP contribution in [0.25, 0.3) is 22.2 Å². The molecular weight excluding hydrogens is 400 g/mol. The zero-order valence-corrected chi connectivity index (χ0v) is 18.4. The molecule has 0 atom stereocenters. The highest BCUT2D eigenvalue weighted by Crippen LogP contribution is 2.26. The number of aromatic nitrogens is 2. The number of carbonyl (C=O) groups is 1. The molecule has 0 bridgehead atoms. The lowest BCUT2D eigenvalue weighted by Crippen LogP contribution is -2.06. The Bertz CT molecular complexity index is 1310. The van der Waals surface area contributed by atoms with Crippen LogP contribution in [-0.4, -0.2) is 22.6 Å². The Balaban J connectivity index is 1.69. The molecule has 0 saturated heterocycles. The van der Waals surface area contributed by atoms with E-state index in [0.717, 1.165) is 52.8 Å². The monoisotopic (exact) mass is 426 g/mol. The SMILES string of the molecule is CCCCc1nc2ccc(=O)ccc2n1Cc1ccc(-c2ccccc2C(=O)OC)cc1. The van der Waals surface area contributed by atoms with E-state index in [0.29, 0.717) is 12.1 Å². The van der Waals surface area contributed by atoms with E-state index in [1.807, 2.05) is 36.4 Å². The van der Waals surface area contributed by atoms with Crippen molar-refractivity contribution in [3.63, 3.8) is 0 Å². The molecule has 0 aliphatic heterocycles. The Morgan fingerprint density at radius 2 is 1.72 bits per heavy atom. The van der Waals surface area contributed by atoms with E-state index < -0.39 is 0 Å². The third-order valence-electron chi connectivity index (χ3n) is 5.62. The van der Waals surface area contributed by atoms with Gasteiger partial charge in [-0.1, -0.05) is 55.8 Å². The molecule has 162 valence electrons. The van der Waals surface area contributed by atoms with Gasteiger partial charge in [0.1, 0.15) is 5.82 Å². The fourth-order valence-electron chi connectivity index (χ4n) is 3.91. The number of esters is 1. The van der Waals surface area contributed by atoms with Crippen molar-refractivity contribution in [1.29, 1.82) is 0 Å². The lowest BCUT2D eigenvalue weighted by molar-refractivity contribution is 0.0601. The van der Waals surface area contributed by atoms with Crippen LogP contribution < -0.4 is 5.43 Å². The number of benzene rings is 2. The molecule has 0 radical (unpaired) electrons. The van der Waals surface area contributed by atoms with Gasteiger partial charge in [0, 0.05) is 13.0 Å². The molecule has 32 heavy (non-hydrogen) atoms. The zero-order chi connectivity index (χ0) is 22.5. The third kappa shape index (κ3) is 4.47. The molecule has 5 heteroatoms. The van der Waals surface area contributed by atoms with E-state index >= 15 is 0 Å². The van der Waals surface area contributed by atoms with Crippen LogP contribution in [0.3, 0.4) is 0 Å². The summed E-state index contributed by atoms with van der Waals surface area (Å²) in [5, 5.41) is 0. The van der Waals surface area contributed by atoms with Gasteiger partial charge in [0.2, 0.25) is 0 Å². The molecule has 1 heterocycles. The highest BCUT2D eigenvalue weighted by Gasteiger charge is 2.13. The Hall–Kier alpha value is -3.73. The summed E-state index contributed by atoms with van der Waals surface area (Å²) in [6, 6.07) is 22.5. The number of unbranched alkanes of at least 4 members (excludes halogenated alkanes) is 1. The van der Waals surface area contributed by atoms with Gasteiger partial charge in [-0.15, -0.1) is 0 Å². The fraction of sp³-hybridized carbons (Fsp3) is 0.222. The zero-order valence-electron chi connectivity index (χ0n) is 18.4. The van der Waals surface area contributed by atoms with Gasteiger partial charge in [0.15, 0.2) is 5.43 Å². The highest BCUT2D eigenvalue weighted by atomic mass is 16.5. The van der Waals surface area contributed by atoms with Crippen molar-refractivity contribution < 1.29 is 9.53 Å². The number of hydrogen-bond acceptors (Lipinski definition) is 4. The molecule has 0 amide bonds. The number of methoxy groups -OCH3 is 1. The van der Waals surface area contributed by atoms with Gasteiger partial charge >= 0.3 is 5.97 Å². The number of ether oxygens (including phenoxy) is 1. The number of hydrogen-bond donors (Lipinski definition) is 0. The standard InChI is InChI=1S/C27H26N2O3/c1-3-4-9-26-28-24-16-14-21(30)15-17-25(24)29(26)18-19-10-12-20(13-11-19)22-7-5-6-8-23(22)27(31)32-2/h5-8,10-17H,3-4,9,18H2,1-2H3. The first-order valence-electron chi connectivity index (χ1n) is 10.9.